The third kappa shape index (κ3) is 1.36. The summed E-state index contributed by atoms with van der Waals surface area (Å²) in [6.07, 6.45) is 1.26. The fourth-order valence-electron chi connectivity index (χ4n) is 0.570. The number of hydrogen-bond donors (Lipinski definition) is 2. The smallest absolute Gasteiger partial charge is 0.327 e. The van der Waals surface area contributed by atoms with Gasteiger partial charge in [-0.15, -0.1) is 6.58 Å². The molecule has 1 unspecified atom stereocenters. The van der Waals surface area contributed by atoms with Crippen molar-refractivity contribution in [2.24, 2.45) is 11.7 Å². The van der Waals surface area contributed by atoms with Crippen LogP contribution in [0.2, 0.25) is 0 Å². The molecular weight excluding hydrogens is 130 g/mol. The van der Waals surface area contributed by atoms with Crippen LogP contribution in [0, 0.1) is 5.92 Å². The molecule has 0 saturated heterocycles. The molecule has 3 heteroatoms. The normalized spacial score (nSPS) is 16.4. The highest BCUT2D eigenvalue weighted by Gasteiger charge is 2.33. The van der Waals surface area contributed by atoms with Crippen LogP contribution < -0.4 is 5.73 Å². The van der Waals surface area contributed by atoms with Gasteiger partial charge in [-0.05, 0) is 5.92 Å². The first-order valence-corrected chi connectivity index (χ1v) is 3.11. The van der Waals surface area contributed by atoms with E-state index in [-0.39, 0.29) is 5.92 Å². The van der Waals surface area contributed by atoms with Crippen LogP contribution in [0.25, 0.3) is 0 Å². The minimum Gasteiger partial charge on any atom is -0.480 e. The van der Waals surface area contributed by atoms with Gasteiger partial charge in [0.1, 0.15) is 5.54 Å². The molecule has 0 aliphatic rings. The highest BCUT2D eigenvalue weighted by atomic mass is 16.4. The number of carbonyl (C=O) groups is 1. The number of aliphatic carboxylic acids is 1. The second kappa shape index (κ2) is 2.84. The first-order valence-electron chi connectivity index (χ1n) is 3.11. The summed E-state index contributed by atoms with van der Waals surface area (Å²) in [6, 6.07) is 0. The molecule has 1 atom stereocenters. The lowest BCUT2D eigenvalue weighted by Gasteiger charge is -2.24. The number of carboxylic acids is 1. The van der Waals surface area contributed by atoms with Gasteiger partial charge in [-0.1, -0.05) is 19.9 Å². The minimum absolute atomic E-state index is 0.137. The van der Waals surface area contributed by atoms with Gasteiger partial charge in [0.2, 0.25) is 0 Å². The Morgan fingerprint density at radius 1 is 1.80 bits per heavy atom. The van der Waals surface area contributed by atoms with Gasteiger partial charge in [-0.25, -0.2) is 4.79 Å². The van der Waals surface area contributed by atoms with E-state index in [2.05, 4.69) is 6.58 Å². The summed E-state index contributed by atoms with van der Waals surface area (Å²) in [5.74, 6) is -1.17. The number of nitrogens with two attached hydrogens (primary N) is 1. The third-order valence-electron chi connectivity index (χ3n) is 1.66. The maximum Gasteiger partial charge on any atom is 0.327 e. The van der Waals surface area contributed by atoms with Crippen LogP contribution in [0.5, 0.6) is 0 Å². The molecule has 0 spiro atoms. The van der Waals surface area contributed by atoms with Crippen LogP contribution in [0.3, 0.4) is 0 Å². The van der Waals surface area contributed by atoms with Crippen molar-refractivity contribution in [3.05, 3.63) is 12.7 Å². The van der Waals surface area contributed by atoms with Crippen LogP contribution in [0.4, 0.5) is 0 Å². The lowest BCUT2D eigenvalue weighted by Crippen LogP contribution is -2.50. The second-order valence-electron chi connectivity index (χ2n) is 2.60. The fourth-order valence-corrected chi connectivity index (χ4v) is 0.570. The molecule has 3 nitrogen and oxygen atoms in total. The highest BCUT2D eigenvalue weighted by molar-refractivity contribution is 5.81. The molecule has 0 bridgehead atoms. The Bertz CT molecular complexity index is 154. The molecule has 0 aromatic heterocycles. The molecule has 0 aliphatic carbocycles. The standard InChI is InChI=1S/C7H13NO2/c1-4-7(8,5(2)3)6(9)10/h4-5H,1,8H2,2-3H3,(H,9,10). The third-order valence-corrected chi connectivity index (χ3v) is 1.66. The first-order chi connectivity index (χ1) is 4.45. The van der Waals surface area contributed by atoms with E-state index in [0.717, 1.165) is 0 Å². The summed E-state index contributed by atoms with van der Waals surface area (Å²) in [6.45, 7) is 6.86. The molecular formula is C7H13NO2. The van der Waals surface area contributed by atoms with Crippen molar-refractivity contribution in [3.63, 3.8) is 0 Å². The first kappa shape index (κ1) is 9.17. The Labute approximate surface area is 60.5 Å². The molecule has 0 aliphatic heterocycles. The van der Waals surface area contributed by atoms with E-state index in [1.165, 1.54) is 6.08 Å². The van der Waals surface area contributed by atoms with Gasteiger partial charge in [0.15, 0.2) is 0 Å². The predicted octanol–water partition coefficient (Wildman–Crippen LogP) is 0.610. The lowest BCUT2D eigenvalue weighted by atomic mass is 9.88. The van der Waals surface area contributed by atoms with Crippen LogP contribution >= 0.6 is 0 Å². The Hall–Kier alpha value is -0.830. The summed E-state index contributed by atoms with van der Waals surface area (Å²) in [4.78, 5) is 10.5. The molecule has 58 valence electrons. The molecule has 10 heavy (non-hydrogen) atoms. The van der Waals surface area contributed by atoms with Crippen LogP contribution in [-0.4, -0.2) is 16.6 Å². The van der Waals surface area contributed by atoms with E-state index in [4.69, 9.17) is 10.8 Å². The summed E-state index contributed by atoms with van der Waals surface area (Å²) in [5, 5.41) is 8.61. The van der Waals surface area contributed by atoms with Gasteiger partial charge in [0.05, 0.1) is 0 Å². The minimum atomic E-state index is -1.28. The number of rotatable bonds is 3. The maximum absolute atomic E-state index is 10.5. The van der Waals surface area contributed by atoms with Crippen molar-refractivity contribution in [2.45, 2.75) is 19.4 Å². The van der Waals surface area contributed by atoms with Crippen molar-refractivity contribution in [1.29, 1.82) is 0 Å². The zero-order chi connectivity index (χ0) is 8.36. The van der Waals surface area contributed by atoms with Crippen molar-refractivity contribution in [3.8, 4) is 0 Å². The lowest BCUT2D eigenvalue weighted by molar-refractivity contribution is -0.142. The van der Waals surface area contributed by atoms with Crippen molar-refractivity contribution in [1.82, 2.24) is 0 Å². The molecule has 0 saturated carbocycles. The van der Waals surface area contributed by atoms with Crippen molar-refractivity contribution >= 4 is 5.97 Å². The van der Waals surface area contributed by atoms with Gasteiger partial charge in [-0.2, -0.15) is 0 Å². The van der Waals surface area contributed by atoms with Crippen LogP contribution in [-0.2, 0) is 4.79 Å². The summed E-state index contributed by atoms with van der Waals surface area (Å²) < 4.78 is 0. The Morgan fingerprint density at radius 3 is 2.20 bits per heavy atom. The quantitative estimate of drug-likeness (QED) is 0.569. The molecule has 0 rings (SSSR count). The molecule has 0 fully saturated rings. The van der Waals surface area contributed by atoms with Crippen molar-refractivity contribution < 1.29 is 9.90 Å². The molecule has 0 radical (unpaired) electrons. The average molecular weight is 143 g/mol. The van der Waals surface area contributed by atoms with Gasteiger partial charge in [-0.3, -0.25) is 0 Å². The molecule has 0 amide bonds. The fraction of sp³-hybridized carbons (Fsp3) is 0.571. The number of hydrogen-bond acceptors (Lipinski definition) is 2. The molecule has 0 aromatic carbocycles. The second-order valence-corrected chi connectivity index (χ2v) is 2.60. The van der Waals surface area contributed by atoms with Crippen molar-refractivity contribution in [2.75, 3.05) is 0 Å². The molecule has 0 aromatic rings. The van der Waals surface area contributed by atoms with E-state index >= 15 is 0 Å². The van der Waals surface area contributed by atoms with Gasteiger partial charge in [0, 0.05) is 0 Å². The predicted molar refractivity (Wildman–Crippen MR) is 39.6 cm³/mol. The Balaban J connectivity index is 4.54. The summed E-state index contributed by atoms with van der Waals surface area (Å²) in [5.41, 5.74) is 4.19. The SMILES string of the molecule is C=CC(N)(C(=O)O)C(C)C. The average Bonchev–Trinajstić information content (AvgIpc) is 1.85. The molecule has 0 heterocycles. The molecule has 3 N–H and O–H groups in total. The Morgan fingerprint density at radius 2 is 2.20 bits per heavy atom. The maximum atomic E-state index is 10.5. The van der Waals surface area contributed by atoms with E-state index in [1.807, 2.05) is 0 Å². The summed E-state index contributed by atoms with van der Waals surface area (Å²) >= 11 is 0. The van der Waals surface area contributed by atoms with Crippen LogP contribution in [0.1, 0.15) is 13.8 Å². The zero-order valence-electron chi connectivity index (χ0n) is 6.29. The largest absolute Gasteiger partial charge is 0.480 e. The van der Waals surface area contributed by atoms with E-state index < -0.39 is 11.5 Å². The highest BCUT2D eigenvalue weighted by Crippen LogP contribution is 2.14. The van der Waals surface area contributed by atoms with Gasteiger partial charge in [0.25, 0.3) is 0 Å². The number of carboxylic acid groups (broad SMARTS) is 1. The summed E-state index contributed by atoms with van der Waals surface area (Å²) in [7, 11) is 0. The monoisotopic (exact) mass is 143 g/mol. The Kier molecular flexibility index (Phi) is 2.60. The van der Waals surface area contributed by atoms with Crippen LogP contribution in [0.15, 0.2) is 12.7 Å². The zero-order valence-corrected chi connectivity index (χ0v) is 6.29. The topological polar surface area (TPSA) is 63.3 Å². The van der Waals surface area contributed by atoms with E-state index in [1.54, 1.807) is 13.8 Å². The van der Waals surface area contributed by atoms with Gasteiger partial charge >= 0.3 is 5.97 Å². The van der Waals surface area contributed by atoms with E-state index in [9.17, 15) is 4.79 Å². The van der Waals surface area contributed by atoms with Gasteiger partial charge < -0.3 is 10.8 Å². The van der Waals surface area contributed by atoms with E-state index in [0.29, 0.717) is 0 Å².